The van der Waals surface area contributed by atoms with E-state index in [0.29, 0.717) is 0 Å². The summed E-state index contributed by atoms with van der Waals surface area (Å²) >= 11 is 0. The number of H-pyrrole nitrogens is 2. The molecule has 0 saturated heterocycles. The first-order valence-electron chi connectivity index (χ1n) is 9.59. The van der Waals surface area contributed by atoms with Crippen molar-refractivity contribution in [2.45, 2.75) is 66.2 Å². The van der Waals surface area contributed by atoms with Crippen molar-refractivity contribution in [3.63, 3.8) is 0 Å². The molecule has 0 aliphatic carbocycles. The van der Waals surface area contributed by atoms with E-state index in [1.165, 1.54) is 0 Å². The zero-order valence-corrected chi connectivity index (χ0v) is 18.7. The largest absolute Gasteiger partial charge is 0.340 e. The molecule has 2 N–H and O–H groups in total. The lowest BCUT2D eigenvalue weighted by molar-refractivity contribution is 0.554. The Bertz CT molecular complexity index is 1020. The van der Waals surface area contributed by atoms with Crippen LogP contribution in [0.4, 0.5) is 0 Å². The minimum atomic E-state index is 0. The molecule has 4 rings (SSSR count). The van der Waals surface area contributed by atoms with E-state index < -0.39 is 0 Å². The molecule has 0 aliphatic rings. The summed E-state index contributed by atoms with van der Waals surface area (Å²) < 4.78 is 0. The highest BCUT2D eigenvalue weighted by Gasteiger charge is 2.19. The number of rotatable bonds is 0. The van der Waals surface area contributed by atoms with Crippen LogP contribution in [0.3, 0.4) is 0 Å². The molecule has 0 saturated carbocycles. The predicted octanol–water partition coefficient (Wildman–Crippen LogP) is 4.75. The minimum absolute atomic E-state index is 0. The minimum Gasteiger partial charge on any atom is -0.340 e. The number of imidazole rings is 2. The van der Waals surface area contributed by atoms with Gasteiger partial charge in [-0.2, -0.15) is 0 Å². The highest BCUT2D eigenvalue weighted by atomic mass is 15.0. The van der Waals surface area contributed by atoms with E-state index in [1.54, 1.807) is 0 Å². The molecule has 4 aromatic rings. The van der Waals surface area contributed by atoms with Crippen LogP contribution in [0.5, 0.6) is 0 Å². The van der Waals surface area contributed by atoms with Crippen LogP contribution in [0.1, 0.15) is 64.3 Å². The van der Waals surface area contributed by atoms with Gasteiger partial charge in [0.05, 0.1) is 11.0 Å². The van der Waals surface area contributed by atoms with Gasteiger partial charge in [-0.15, -0.1) is 0 Å². The Morgan fingerprint density at radius 3 is 1.31 bits per heavy atom. The molecule has 0 spiro atoms. The molecule has 7 heteroatoms. The number of aryl methyl sites for hydroxylation is 2. The van der Waals surface area contributed by atoms with E-state index in [2.05, 4.69) is 83.6 Å². The maximum absolute atomic E-state index is 4.46. The quantitative estimate of drug-likeness (QED) is 0.425. The fourth-order valence-corrected chi connectivity index (χ4v) is 2.72. The summed E-state index contributed by atoms with van der Waals surface area (Å²) in [6.45, 7) is 16.9. The number of fused-ring (bicyclic) bond motifs is 2. The number of aromatic amines is 2. The van der Waals surface area contributed by atoms with Crippen LogP contribution >= 0.6 is 0 Å². The molecule has 0 unspecified atom stereocenters. The van der Waals surface area contributed by atoms with Gasteiger partial charge in [-0.05, 0) is 37.1 Å². The lowest BCUT2D eigenvalue weighted by Crippen LogP contribution is -2.12. The Morgan fingerprint density at radius 1 is 0.655 bits per heavy atom. The Hall–Kier alpha value is -2.70. The standard InChI is InChI=1S/2C11H15N3.B/c2*1-7-5-8-9(12-6-7)14-10(13-8)11(2,3)4;/h2*5-6H,1-4H3,(H,12,13,14);. The van der Waals surface area contributed by atoms with Gasteiger partial charge in [0.15, 0.2) is 11.3 Å². The summed E-state index contributed by atoms with van der Waals surface area (Å²) in [5.41, 5.74) is 6.07. The Labute approximate surface area is 174 Å². The normalized spacial score (nSPS) is 11.9. The van der Waals surface area contributed by atoms with Crippen molar-refractivity contribution < 1.29 is 0 Å². The first kappa shape index (κ1) is 22.6. The number of hydrogen-bond donors (Lipinski definition) is 2. The molecule has 151 valence electrons. The van der Waals surface area contributed by atoms with Crippen LogP contribution in [0.25, 0.3) is 22.3 Å². The Kier molecular flexibility index (Phi) is 6.21. The number of pyridine rings is 2. The van der Waals surface area contributed by atoms with Gasteiger partial charge in [0.1, 0.15) is 11.6 Å². The molecule has 0 bridgehead atoms. The molecule has 0 fully saturated rings. The molecular weight excluding hydrogens is 359 g/mol. The van der Waals surface area contributed by atoms with Crippen molar-refractivity contribution in [3.8, 4) is 0 Å². The second-order valence-corrected chi connectivity index (χ2v) is 9.44. The first-order valence-corrected chi connectivity index (χ1v) is 9.59. The van der Waals surface area contributed by atoms with Crippen LogP contribution < -0.4 is 0 Å². The molecule has 0 atom stereocenters. The van der Waals surface area contributed by atoms with Gasteiger partial charge in [-0.3, -0.25) is 0 Å². The zero-order chi connectivity index (χ0) is 20.7. The van der Waals surface area contributed by atoms with Gasteiger partial charge in [0, 0.05) is 31.6 Å². The third-order valence-corrected chi connectivity index (χ3v) is 4.37. The maximum Gasteiger partial charge on any atom is 0.177 e. The van der Waals surface area contributed by atoms with Crippen LogP contribution in [-0.2, 0) is 10.8 Å². The Balaban J connectivity index is 0.000000200. The van der Waals surface area contributed by atoms with Crippen LogP contribution in [0, 0.1) is 13.8 Å². The number of aromatic nitrogens is 6. The van der Waals surface area contributed by atoms with E-state index in [9.17, 15) is 0 Å². The van der Waals surface area contributed by atoms with Crippen molar-refractivity contribution in [2.75, 3.05) is 0 Å². The second kappa shape index (κ2) is 7.97. The van der Waals surface area contributed by atoms with Gasteiger partial charge in [0.25, 0.3) is 0 Å². The van der Waals surface area contributed by atoms with E-state index in [1.807, 2.05) is 26.2 Å². The smallest absolute Gasteiger partial charge is 0.177 e. The number of hydrogen-bond acceptors (Lipinski definition) is 4. The summed E-state index contributed by atoms with van der Waals surface area (Å²) in [6, 6.07) is 4.15. The predicted molar refractivity (Wildman–Crippen MR) is 120 cm³/mol. The monoisotopic (exact) mass is 389 g/mol. The zero-order valence-electron chi connectivity index (χ0n) is 18.7. The average Bonchev–Trinajstić information content (AvgIpc) is 3.17. The summed E-state index contributed by atoms with van der Waals surface area (Å²) in [5.74, 6) is 1.98. The summed E-state index contributed by atoms with van der Waals surface area (Å²) in [4.78, 5) is 24.1. The maximum atomic E-state index is 4.46. The molecule has 4 aromatic heterocycles. The van der Waals surface area contributed by atoms with Crippen molar-refractivity contribution in [1.82, 2.24) is 29.9 Å². The van der Waals surface area contributed by atoms with Gasteiger partial charge in [-0.25, -0.2) is 19.9 Å². The lowest BCUT2D eigenvalue weighted by Gasteiger charge is -2.13. The molecule has 0 amide bonds. The number of nitrogens with one attached hydrogen (secondary N) is 2. The highest BCUT2D eigenvalue weighted by molar-refractivity contribution is 5.75. The van der Waals surface area contributed by atoms with Crippen LogP contribution in [0.15, 0.2) is 24.5 Å². The van der Waals surface area contributed by atoms with Crippen LogP contribution in [-0.4, -0.2) is 38.3 Å². The van der Waals surface area contributed by atoms with E-state index in [0.717, 1.165) is 45.1 Å². The summed E-state index contributed by atoms with van der Waals surface area (Å²) in [6.07, 6.45) is 3.69. The van der Waals surface area contributed by atoms with Gasteiger partial charge >= 0.3 is 0 Å². The first-order chi connectivity index (χ1) is 12.9. The van der Waals surface area contributed by atoms with Crippen molar-refractivity contribution in [1.29, 1.82) is 0 Å². The van der Waals surface area contributed by atoms with Crippen molar-refractivity contribution in [2.24, 2.45) is 0 Å². The van der Waals surface area contributed by atoms with E-state index >= 15 is 0 Å². The highest BCUT2D eigenvalue weighted by Crippen LogP contribution is 2.22. The average molecular weight is 389 g/mol. The molecule has 0 aromatic carbocycles. The second-order valence-electron chi connectivity index (χ2n) is 9.44. The molecular formula is C22H30BN6. The fraction of sp³-hybridized carbons (Fsp3) is 0.455. The third kappa shape index (κ3) is 5.22. The Morgan fingerprint density at radius 2 is 1.00 bits per heavy atom. The summed E-state index contributed by atoms with van der Waals surface area (Å²) in [5, 5.41) is 0. The molecule has 4 heterocycles. The van der Waals surface area contributed by atoms with Gasteiger partial charge in [-0.1, -0.05) is 41.5 Å². The topological polar surface area (TPSA) is 83.1 Å². The van der Waals surface area contributed by atoms with Gasteiger partial charge < -0.3 is 9.97 Å². The summed E-state index contributed by atoms with van der Waals surface area (Å²) in [7, 11) is 0. The van der Waals surface area contributed by atoms with Gasteiger partial charge in [0.2, 0.25) is 0 Å². The fourth-order valence-electron chi connectivity index (χ4n) is 2.72. The molecule has 0 aliphatic heterocycles. The molecule has 6 nitrogen and oxygen atoms in total. The van der Waals surface area contributed by atoms with Crippen LogP contribution in [0.2, 0.25) is 0 Å². The molecule has 29 heavy (non-hydrogen) atoms. The molecule has 3 radical (unpaired) electrons. The van der Waals surface area contributed by atoms with Crippen molar-refractivity contribution >= 4 is 30.7 Å². The van der Waals surface area contributed by atoms with E-state index in [4.69, 9.17) is 0 Å². The third-order valence-electron chi connectivity index (χ3n) is 4.37. The number of nitrogens with zero attached hydrogens (tertiary/aromatic N) is 4. The lowest BCUT2D eigenvalue weighted by atomic mass is 9.96. The SMILES string of the molecule is Cc1cnc2nc(C(C)(C)C)[nH]c2c1.Cc1cnc2nc(C(C)(C)C)[nH]c2c1.[B]. The van der Waals surface area contributed by atoms with E-state index in [-0.39, 0.29) is 19.2 Å². The van der Waals surface area contributed by atoms with Crippen molar-refractivity contribution in [3.05, 3.63) is 47.3 Å².